The van der Waals surface area contributed by atoms with Crippen molar-refractivity contribution in [1.82, 2.24) is 9.97 Å². The summed E-state index contributed by atoms with van der Waals surface area (Å²) in [5.74, 6) is 2.43. The number of aryl methyl sites for hydroxylation is 1. The van der Waals surface area contributed by atoms with E-state index in [1.54, 1.807) is 7.11 Å². The van der Waals surface area contributed by atoms with Crippen LogP contribution < -0.4 is 14.4 Å². The molecule has 2 fully saturated rings. The summed E-state index contributed by atoms with van der Waals surface area (Å²) in [7, 11) is 1.75. The van der Waals surface area contributed by atoms with Crippen molar-refractivity contribution in [2.24, 2.45) is 0 Å². The Kier molecular flexibility index (Phi) is 6.63. The molecule has 2 aliphatic rings. The van der Waals surface area contributed by atoms with Gasteiger partial charge in [-0.1, -0.05) is 24.3 Å². The van der Waals surface area contributed by atoms with E-state index in [9.17, 15) is 5.11 Å². The fourth-order valence-corrected chi connectivity index (χ4v) is 4.91. The minimum Gasteiger partial charge on any atom is -0.496 e. The molecule has 2 heterocycles. The second kappa shape index (κ2) is 9.96. The predicted molar refractivity (Wildman–Crippen MR) is 130 cm³/mol. The van der Waals surface area contributed by atoms with Crippen molar-refractivity contribution in [2.45, 2.75) is 57.0 Å². The largest absolute Gasteiger partial charge is 0.496 e. The van der Waals surface area contributed by atoms with Gasteiger partial charge in [0.25, 0.3) is 0 Å². The Bertz CT molecular complexity index is 1090. The summed E-state index contributed by atoms with van der Waals surface area (Å²) in [4.78, 5) is 12.0. The molecule has 1 aliphatic carbocycles. The van der Waals surface area contributed by atoms with Crippen LogP contribution in [0.5, 0.6) is 11.8 Å². The Labute approximate surface area is 195 Å². The third-order valence-electron chi connectivity index (χ3n) is 7.04. The number of aliphatic hydroxyl groups is 1. The average Bonchev–Trinajstić information content (AvgIpc) is 2.84. The van der Waals surface area contributed by atoms with E-state index in [1.807, 2.05) is 6.07 Å². The van der Waals surface area contributed by atoms with Gasteiger partial charge in [-0.2, -0.15) is 9.97 Å². The Hall–Kier alpha value is -2.86. The van der Waals surface area contributed by atoms with Crippen LogP contribution in [0.2, 0.25) is 0 Å². The highest BCUT2D eigenvalue weighted by Crippen LogP contribution is 2.37. The van der Waals surface area contributed by atoms with Crippen molar-refractivity contribution in [2.75, 3.05) is 31.7 Å². The van der Waals surface area contributed by atoms with Crippen molar-refractivity contribution >= 4 is 16.7 Å². The third-order valence-corrected chi connectivity index (χ3v) is 7.04. The maximum atomic E-state index is 9.25. The first-order chi connectivity index (χ1) is 16.2. The van der Waals surface area contributed by atoms with Crippen molar-refractivity contribution in [3.63, 3.8) is 0 Å². The molecule has 1 saturated carbocycles. The number of hydrogen-bond donors (Lipinski definition) is 1. The smallest absolute Gasteiger partial charge is 0.319 e. The van der Waals surface area contributed by atoms with Gasteiger partial charge in [0.1, 0.15) is 17.7 Å². The zero-order valence-electron chi connectivity index (χ0n) is 19.4. The number of anilines is 1. The molecule has 0 amide bonds. The van der Waals surface area contributed by atoms with Crippen LogP contribution in [0, 0.1) is 0 Å². The molecule has 33 heavy (non-hydrogen) atoms. The molecule has 6 heteroatoms. The number of aliphatic hydroxyl groups excluding tert-OH is 1. The molecule has 174 valence electrons. The molecule has 3 aromatic rings. The average molecular weight is 448 g/mol. The molecule has 1 saturated heterocycles. The first kappa shape index (κ1) is 22.0. The minimum absolute atomic E-state index is 0.200. The number of piperidine rings is 1. The van der Waals surface area contributed by atoms with Gasteiger partial charge in [-0.15, -0.1) is 0 Å². The molecular formula is C27H33N3O3. The maximum absolute atomic E-state index is 9.25. The van der Waals surface area contributed by atoms with Crippen LogP contribution in [0.1, 0.15) is 55.6 Å². The molecule has 0 radical (unpaired) electrons. The molecule has 6 nitrogen and oxygen atoms in total. The Balaban J connectivity index is 1.42. The van der Waals surface area contributed by atoms with Crippen LogP contribution in [0.3, 0.4) is 0 Å². The SMILES string of the molecule is COc1ccccc1C1CCN(c2nc(OC3CCC3)nc3ccc(CCCO)cc23)CC1. The number of hydrogen-bond acceptors (Lipinski definition) is 6. The lowest BCUT2D eigenvalue weighted by atomic mass is 9.88. The van der Waals surface area contributed by atoms with E-state index in [2.05, 4.69) is 41.3 Å². The fraction of sp³-hybridized carbons (Fsp3) is 0.481. The van der Waals surface area contributed by atoms with Gasteiger partial charge in [0.2, 0.25) is 0 Å². The lowest BCUT2D eigenvalue weighted by molar-refractivity contribution is 0.109. The summed E-state index contributed by atoms with van der Waals surface area (Å²) >= 11 is 0. The van der Waals surface area contributed by atoms with Gasteiger partial charge in [0.05, 0.1) is 12.6 Å². The van der Waals surface area contributed by atoms with E-state index in [0.717, 1.165) is 74.1 Å². The molecule has 1 aromatic heterocycles. The van der Waals surface area contributed by atoms with Gasteiger partial charge in [0.15, 0.2) is 0 Å². The van der Waals surface area contributed by atoms with Crippen molar-refractivity contribution in [3.8, 4) is 11.8 Å². The lowest BCUT2D eigenvalue weighted by Crippen LogP contribution is -2.34. The van der Waals surface area contributed by atoms with E-state index in [1.165, 1.54) is 17.5 Å². The summed E-state index contributed by atoms with van der Waals surface area (Å²) < 4.78 is 11.7. The zero-order chi connectivity index (χ0) is 22.6. The van der Waals surface area contributed by atoms with Crippen molar-refractivity contribution in [1.29, 1.82) is 0 Å². The predicted octanol–water partition coefficient (Wildman–Crippen LogP) is 4.88. The first-order valence-electron chi connectivity index (χ1n) is 12.2. The van der Waals surface area contributed by atoms with Crippen LogP contribution in [0.25, 0.3) is 10.9 Å². The molecule has 2 aromatic carbocycles. The number of benzene rings is 2. The van der Waals surface area contributed by atoms with E-state index >= 15 is 0 Å². The number of ether oxygens (including phenoxy) is 2. The van der Waals surface area contributed by atoms with Crippen LogP contribution in [-0.4, -0.2) is 48.0 Å². The number of rotatable bonds is 8. The molecule has 0 spiro atoms. The first-order valence-corrected chi connectivity index (χ1v) is 12.2. The van der Waals surface area contributed by atoms with E-state index in [4.69, 9.17) is 19.4 Å². The number of aromatic nitrogens is 2. The van der Waals surface area contributed by atoms with Crippen LogP contribution in [-0.2, 0) is 6.42 Å². The van der Waals surface area contributed by atoms with Gasteiger partial charge in [-0.05, 0) is 80.2 Å². The van der Waals surface area contributed by atoms with E-state index in [-0.39, 0.29) is 12.7 Å². The quantitative estimate of drug-likeness (QED) is 0.531. The highest BCUT2D eigenvalue weighted by Gasteiger charge is 2.26. The van der Waals surface area contributed by atoms with Gasteiger partial charge in [-0.3, -0.25) is 0 Å². The molecule has 0 bridgehead atoms. The molecular weight excluding hydrogens is 414 g/mol. The highest BCUT2D eigenvalue weighted by atomic mass is 16.5. The standard InChI is InChI=1S/C27H33N3O3/c1-32-25-10-3-2-9-22(25)20-13-15-30(16-14-20)26-23-18-19(6-5-17-31)11-12-24(23)28-27(29-26)33-21-7-4-8-21/h2-3,9-12,18,20-21,31H,4-8,13-17H2,1H3. The molecule has 0 atom stereocenters. The van der Waals surface area contributed by atoms with Gasteiger partial charge < -0.3 is 19.5 Å². The minimum atomic E-state index is 0.200. The second-order valence-electron chi connectivity index (χ2n) is 9.18. The lowest BCUT2D eigenvalue weighted by Gasteiger charge is -2.34. The third kappa shape index (κ3) is 4.76. The topological polar surface area (TPSA) is 67.7 Å². The Morgan fingerprint density at radius 1 is 1.03 bits per heavy atom. The monoisotopic (exact) mass is 447 g/mol. The molecule has 1 aliphatic heterocycles. The Morgan fingerprint density at radius 3 is 2.58 bits per heavy atom. The van der Waals surface area contributed by atoms with Crippen LogP contribution in [0.15, 0.2) is 42.5 Å². The summed E-state index contributed by atoms with van der Waals surface area (Å²) in [6, 6.07) is 15.2. The van der Waals surface area contributed by atoms with Gasteiger partial charge in [0, 0.05) is 25.1 Å². The van der Waals surface area contributed by atoms with E-state index in [0.29, 0.717) is 11.9 Å². The summed E-state index contributed by atoms with van der Waals surface area (Å²) in [5.41, 5.74) is 3.43. The van der Waals surface area contributed by atoms with Crippen molar-refractivity contribution < 1.29 is 14.6 Å². The zero-order valence-corrected chi connectivity index (χ0v) is 19.4. The normalized spacial score (nSPS) is 17.2. The van der Waals surface area contributed by atoms with Gasteiger partial charge >= 0.3 is 6.01 Å². The molecule has 1 N–H and O–H groups in total. The van der Waals surface area contributed by atoms with Crippen LogP contribution >= 0.6 is 0 Å². The summed E-state index contributed by atoms with van der Waals surface area (Å²) in [6.07, 6.45) is 7.34. The fourth-order valence-electron chi connectivity index (χ4n) is 4.91. The summed E-state index contributed by atoms with van der Waals surface area (Å²) in [5, 5.41) is 10.3. The Morgan fingerprint density at radius 2 is 1.85 bits per heavy atom. The van der Waals surface area contributed by atoms with Gasteiger partial charge in [-0.25, -0.2) is 0 Å². The summed E-state index contributed by atoms with van der Waals surface area (Å²) in [6.45, 7) is 2.06. The van der Waals surface area contributed by atoms with Crippen molar-refractivity contribution in [3.05, 3.63) is 53.6 Å². The second-order valence-corrected chi connectivity index (χ2v) is 9.18. The molecule has 0 unspecified atom stereocenters. The number of para-hydroxylation sites is 1. The number of fused-ring (bicyclic) bond motifs is 1. The number of methoxy groups -OCH3 is 1. The van der Waals surface area contributed by atoms with Crippen LogP contribution in [0.4, 0.5) is 5.82 Å². The highest BCUT2D eigenvalue weighted by molar-refractivity contribution is 5.90. The molecule has 5 rings (SSSR count). The number of nitrogens with zero attached hydrogens (tertiary/aromatic N) is 3. The maximum Gasteiger partial charge on any atom is 0.319 e. The van der Waals surface area contributed by atoms with E-state index < -0.39 is 0 Å².